The lowest BCUT2D eigenvalue weighted by atomic mass is 10.0. The van der Waals surface area contributed by atoms with E-state index >= 15 is 0 Å². The molecule has 0 unspecified atom stereocenters. The molecule has 0 N–H and O–H groups in total. The number of pyridine rings is 1. The SMILES string of the molecule is Cn1c(-c2ccc3c4cc(-c5ccsc5)ccc4n(-c4cccc(-c5ccccn5)c4)c3c2)nc2ccc(-c3ccsc3)cc21. The summed E-state index contributed by atoms with van der Waals surface area (Å²) in [4.78, 5) is 9.74. The van der Waals surface area contributed by atoms with Crippen molar-refractivity contribution in [3.05, 3.63) is 137 Å². The molecule has 5 heterocycles. The predicted octanol–water partition coefficient (Wildman–Crippen LogP) is 10.9. The van der Waals surface area contributed by atoms with Gasteiger partial charge in [0.2, 0.25) is 0 Å². The second kappa shape index (κ2) is 10.4. The number of hydrogen-bond donors (Lipinski definition) is 0. The number of thiophene rings is 2. The molecule has 0 bridgehead atoms. The Bertz CT molecular complexity index is 2480. The average Bonchev–Trinajstić information content (AvgIpc) is 3.91. The summed E-state index contributed by atoms with van der Waals surface area (Å²) in [5.74, 6) is 0.951. The van der Waals surface area contributed by atoms with Crippen LogP contribution in [0.3, 0.4) is 0 Å². The Morgan fingerprint density at radius 3 is 2.11 bits per heavy atom. The van der Waals surface area contributed by atoms with Crippen molar-refractivity contribution in [1.82, 2.24) is 19.1 Å². The summed E-state index contributed by atoms with van der Waals surface area (Å²) in [6.45, 7) is 0. The Morgan fingerprint density at radius 1 is 0.556 bits per heavy atom. The molecule has 0 aliphatic rings. The van der Waals surface area contributed by atoms with Gasteiger partial charge in [0, 0.05) is 40.8 Å². The monoisotopic (exact) mass is 614 g/mol. The number of aryl methyl sites for hydroxylation is 1. The highest BCUT2D eigenvalue weighted by molar-refractivity contribution is 7.08. The molecule has 0 amide bonds. The number of benzene rings is 4. The number of hydrogen-bond acceptors (Lipinski definition) is 4. The topological polar surface area (TPSA) is 35.6 Å². The largest absolute Gasteiger partial charge is 0.327 e. The van der Waals surface area contributed by atoms with Crippen molar-refractivity contribution >= 4 is 55.5 Å². The van der Waals surface area contributed by atoms with E-state index in [2.05, 4.69) is 140 Å². The highest BCUT2D eigenvalue weighted by atomic mass is 32.1. The smallest absolute Gasteiger partial charge is 0.140 e. The van der Waals surface area contributed by atoms with Crippen LogP contribution in [0.5, 0.6) is 0 Å². The summed E-state index contributed by atoms with van der Waals surface area (Å²) in [6.07, 6.45) is 1.85. The van der Waals surface area contributed by atoms with E-state index in [9.17, 15) is 0 Å². The minimum absolute atomic E-state index is 0.951. The first-order valence-electron chi connectivity index (χ1n) is 14.8. The van der Waals surface area contributed by atoms with Crippen molar-refractivity contribution in [3.8, 4) is 50.6 Å². The lowest BCUT2D eigenvalue weighted by Crippen LogP contribution is -1.96. The molecule has 45 heavy (non-hydrogen) atoms. The van der Waals surface area contributed by atoms with E-state index < -0.39 is 0 Å². The van der Waals surface area contributed by atoms with Gasteiger partial charge in [-0.2, -0.15) is 22.7 Å². The maximum absolute atomic E-state index is 5.12. The Hall–Kier alpha value is -5.30. The van der Waals surface area contributed by atoms with Gasteiger partial charge in [0.15, 0.2) is 0 Å². The number of imidazole rings is 1. The van der Waals surface area contributed by atoms with Crippen molar-refractivity contribution < 1.29 is 0 Å². The third-order valence-electron chi connectivity index (χ3n) is 8.68. The molecule has 0 atom stereocenters. The van der Waals surface area contributed by atoms with Gasteiger partial charge in [0.1, 0.15) is 5.82 Å². The minimum Gasteiger partial charge on any atom is -0.327 e. The number of nitrogens with zero attached hydrogens (tertiary/aromatic N) is 4. The molecule has 0 saturated heterocycles. The summed E-state index contributed by atoms with van der Waals surface area (Å²) in [7, 11) is 2.12. The molecule has 0 fully saturated rings. The quantitative estimate of drug-likeness (QED) is 0.193. The fourth-order valence-electron chi connectivity index (χ4n) is 6.44. The number of rotatable bonds is 5. The average molecular weight is 615 g/mol. The van der Waals surface area contributed by atoms with Crippen LogP contribution in [0.25, 0.3) is 83.4 Å². The molecule has 0 saturated carbocycles. The van der Waals surface area contributed by atoms with Gasteiger partial charge in [-0.25, -0.2) is 4.98 Å². The Morgan fingerprint density at radius 2 is 1.33 bits per heavy atom. The zero-order valence-corrected chi connectivity index (χ0v) is 26.0. The Labute approximate surface area is 268 Å². The van der Waals surface area contributed by atoms with Crippen LogP contribution in [0.4, 0.5) is 0 Å². The fraction of sp³-hybridized carbons (Fsp3) is 0.0256. The summed E-state index contributed by atoms with van der Waals surface area (Å²) in [6, 6.07) is 39.2. The van der Waals surface area contributed by atoms with Gasteiger partial charge in [-0.15, -0.1) is 0 Å². The molecule has 9 rings (SSSR count). The first-order chi connectivity index (χ1) is 22.2. The second-order valence-corrected chi connectivity index (χ2v) is 12.8. The Balaban J connectivity index is 1.27. The van der Waals surface area contributed by atoms with E-state index in [1.165, 1.54) is 38.5 Å². The maximum Gasteiger partial charge on any atom is 0.140 e. The van der Waals surface area contributed by atoms with Crippen LogP contribution < -0.4 is 0 Å². The van der Waals surface area contributed by atoms with Gasteiger partial charge in [-0.1, -0.05) is 42.5 Å². The van der Waals surface area contributed by atoms with Crippen molar-refractivity contribution in [3.63, 3.8) is 0 Å². The van der Waals surface area contributed by atoms with Crippen molar-refractivity contribution in [1.29, 1.82) is 0 Å². The number of aromatic nitrogens is 4. The summed E-state index contributed by atoms with van der Waals surface area (Å²) >= 11 is 3.45. The maximum atomic E-state index is 5.12. The molecule has 0 aliphatic heterocycles. The fourth-order valence-corrected chi connectivity index (χ4v) is 7.77. The lowest BCUT2D eigenvalue weighted by Gasteiger charge is -2.11. The molecule has 0 radical (unpaired) electrons. The van der Waals surface area contributed by atoms with Crippen LogP contribution in [0.1, 0.15) is 0 Å². The van der Waals surface area contributed by atoms with Crippen LogP contribution in [0, 0.1) is 0 Å². The van der Waals surface area contributed by atoms with Gasteiger partial charge in [-0.3, -0.25) is 4.98 Å². The standard InChI is InChI=1S/C39H26N4S2/c1-42-38-21-26(30-15-18-45-24-30)9-12-35(38)41-39(42)28-8-11-32-33-20-25(29-14-17-44-23-29)10-13-36(33)43(37(32)22-28)31-6-4-5-27(19-31)34-7-2-3-16-40-34/h2-24H,1H3. The molecule has 4 aromatic carbocycles. The van der Waals surface area contributed by atoms with Crippen LogP contribution in [0.15, 0.2) is 137 Å². The first kappa shape index (κ1) is 26.1. The highest BCUT2D eigenvalue weighted by Crippen LogP contribution is 2.38. The van der Waals surface area contributed by atoms with Crippen molar-refractivity contribution in [2.75, 3.05) is 0 Å². The molecule has 5 aromatic heterocycles. The molecular formula is C39H26N4S2. The Kier molecular flexibility index (Phi) is 6.04. The molecule has 4 nitrogen and oxygen atoms in total. The van der Waals surface area contributed by atoms with Gasteiger partial charge in [-0.05, 0) is 111 Å². The van der Waals surface area contributed by atoms with Crippen LogP contribution >= 0.6 is 22.7 Å². The normalized spacial score (nSPS) is 11.7. The zero-order valence-electron chi connectivity index (χ0n) is 24.4. The highest BCUT2D eigenvalue weighted by Gasteiger charge is 2.18. The summed E-state index contributed by atoms with van der Waals surface area (Å²) in [5.41, 5.74) is 13.6. The molecule has 0 aliphatic carbocycles. The van der Waals surface area contributed by atoms with E-state index in [0.717, 1.165) is 44.9 Å². The third kappa shape index (κ3) is 4.33. The molecule has 0 spiro atoms. The third-order valence-corrected chi connectivity index (χ3v) is 10.0. The van der Waals surface area contributed by atoms with E-state index in [-0.39, 0.29) is 0 Å². The van der Waals surface area contributed by atoms with Gasteiger partial charge >= 0.3 is 0 Å². The predicted molar refractivity (Wildman–Crippen MR) is 190 cm³/mol. The van der Waals surface area contributed by atoms with E-state index in [1.54, 1.807) is 22.7 Å². The molecule has 9 aromatic rings. The van der Waals surface area contributed by atoms with Crippen molar-refractivity contribution in [2.45, 2.75) is 0 Å². The summed E-state index contributed by atoms with van der Waals surface area (Å²) in [5, 5.41) is 11.1. The summed E-state index contributed by atoms with van der Waals surface area (Å²) < 4.78 is 4.60. The molecular weight excluding hydrogens is 589 g/mol. The second-order valence-electron chi connectivity index (χ2n) is 11.3. The van der Waals surface area contributed by atoms with Crippen LogP contribution in [-0.2, 0) is 7.05 Å². The van der Waals surface area contributed by atoms with Gasteiger partial charge in [0.05, 0.1) is 27.8 Å². The molecule has 6 heteroatoms. The first-order valence-corrected chi connectivity index (χ1v) is 16.7. The zero-order chi connectivity index (χ0) is 29.9. The molecule has 214 valence electrons. The van der Waals surface area contributed by atoms with E-state index in [0.29, 0.717) is 0 Å². The number of fused-ring (bicyclic) bond motifs is 4. The van der Waals surface area contributed by atoms with Crippen LogP contribution in [-0.4, -0.2) is 19.1 Å². The van der Waals surface area contributed by atoms with E-state index in [1.807, 2.05) is 18.3 Å². The lowest BCUT2D eigenvalue weighted by molar-refractivity contribution is 0.959. The van der Waals surface area contributed by atoms with E-state index in [4.69, 9.17) is 4.98 Å². The van der Waals surface area contributed by atoms with Crippen molar-refractivity contribution in [2.24, 2.45) is 7.05 Å². The van der Waals surface area contributed by atoms with Gasteiger partial charge in [0.25, 0.3) is 0 Å². The van der Waals surface area contributed by atoms with Gasteiger partial charge < -0.3 is 9.13 Å². The minimum atomic E-state index is 0.951. The van der Waals surface area contributed by atoms with Crippen LogP contribution in [0.2, 0.25) is 0 Å².